The maximum absolute atomic E-state index is 11.7. The van der Waals surface area contributed by atoms with Gasteiger partial charge in [0.25, 0.3) is 5.79 Å². The van der Waals surface area contributed by atoms with Crippen LogP contribution in [-0.4, -0.2) is 61.4 Å². The monoisotopic (exact) mass is 590 g/mol. The minimum Gasteiger partial charge on any atom is -0.506 e. The lowest BCUT2D eigenvalue weighted by molar-refractivity contribution is -0.0722. The van der Waals surface area contributed by atoms with Gasteiger partial charge in [0.1, 0.15) is 22.8 Å². The minimum absolute atomic E-state index is 0.0348. The molecule has 0 aliphatic carbocycles. The highest BCUT2D eigenvalue weighted by Crippen LogP contribution is 2.49. The number of pyridine rings is 1. The summed E-state index contributed by atoms with van der Waals surface area (Å²) in [5.74, 6) is 0.321. The number of hydrogen-bond donors (Lipinski definition) is 2. The number of phenolic OH excluding ortho intramolecular Hbond substituents is 1. The number of imidazole rings is 1. The molecular formula is C31H31ClN4O6. The van der Waals surface area contributed by atoms with Gasteiger partial charge in [-0.15, -0.1) is 0 Å². The molecule has 0 radical (unpaired) electrons. The molecule has 4 aromatic rings. The Labute approximate surface area is 247 Å². The van der Waals surface area contributed by atoms with Gasteiger partial charge in [-0.25, -0.2) is 9.78 Å². The van der Waals surface area contributed by atoms with Crippen molar-refractivity contribution in [1.29, 1.82) is 0 Å². The lowest BCUT2D eigenvalue weighted by Crippen LogP contribution is -2.35. The number of ether oxygens (including phenoxy) is 3. The largest absolute Gasteiger partial charge is 0.506 e. The third-order valence-corrected chi connectivity index (χ3v) is 8.76. The highest BCUT2D eigenvalue weighted by atomic mass is 35.5. The molecule has 2 atom stereocenters. The van der Waals surface area contributed by atoms with E-state index in [0.29, 0.717) is 46.5 Å². The molecule has 2 aromatic heterocycles. The van der Waals surface area contributed by atoms with Gasteiger partial charge in [-0.2, -0.15) is 0 Å². The lowest BCUT2D eigenvalue weighted by atomic mass is 9.88. The van der Waals surface area contributed by atoms with Crippen LogP contribution in [0.5, 0.6) is 17.2 Å². The van der Waals surface area contributed by atoms with Crippen molar-refractivity contribution < 1.29 is 29.2 Å². The lowest BCUT2D eigenvalue weighted by Gasteiger charge is -2.33. The Bertz CT molecular complexity index is 1660. The third kappa shape index (κ3) is 4.83. The Hall–Kier alpha value is -3.86. The van der Waals surface area contributed by atoms with Crippen LogP contribution in [-0.2, 0) is 23.6 Å². The number of aromatic carboxylic acids is 1. The Morgan fingerprint density at radius 2 is 1.95 bits per heavy atom. The molecule has 1 unspecified atom stereocenters. The zero-order valence-corrected chi connectivity index (χ0v) is 23.9. The number of nitrogens with zero attached hydrogens (tertiary/aromatic N) is 4. The number of halogens is 1. The van der Waals surface area contributed by atoms with Crippen LogP contribution < -0.4 is 9.47 Å². The summed E-state index contributed by atoms with van der Waals surface area (Å²) in [6, 6.07) is 12.5. The van der Waals surface area contributed by atoms with Gasteiger partial charge < -0.3 is 29.0 Å². The van der Waals surface area contributed by atoms with Gasteiger partial charge in [0.05, 0.1) is 35.3 Å². The zero-order chi connectivity index (χ0) is 29.0. The molecule has 42 heavy (non-hydrogen) atoms. The summed E-state index contributed by atoms with van der Waals surface area (Å²) in [4.78, 5) is 23.2. The van der Waals surface area contributed by atoms with E-state index < -0.39 is 11.8 Å². The van der Waals surface area contributed by atoms with Gasteiger partial charge in [-0.05, 0) is 68.6 Å². The van der Waals surface area contributed by atoms with Gasteiger partial charge in [0, 0.05) is 25.3 Å². The number of carboxylic acid groups (broad SMARTS) is 1. The van der Waals surface area contributed by atoms with E-state index in [2.05, 4.69) is 16.0 Å². The molecular weight excluding hydrogens is 560 g/mol. The summed E-state index contributed by atoms with van der Waals surface area (Å²) in [5.41, 5.74) is 2.85. The molecule has 7 rings (SSSR count). The average molecular weight is 591 g/mol. The van der Waals surface area contributed by atoms with Crippen molar-refractivity contribution in [2.24, 2.45) is 0 Å². The van der Waals surface area contributed by atoms with E-state index in [4.69, 9.17) is 30.8 Å². The number of carboxylic acids is 1. The van der Waals surface area contributed by atoms with Gasteiger partial charge in [-0.3, -0.25) is 9.88 Å². The van der Waals surface area contributed by atoms with Crippen LogP contribution in [0.1, 0.15) is 59.5 Å². The number of piperidine rings is 1. The molecule has 2 N–H and O–H groups in total. The quantitative estimate of drug-likeness (QED) is 0.295. The number of carbonyl (C=O) groups is 1. The number of likely N-dealkylation sites (tertiary alicyclic amines) is 1. The predicted octanol–water partition coefficient (Wildman–Crippen LogP) is 5.30. The fourth-order valence-electron chi connectivity index (χ4n) is 6.15. The van der Waals surface area contributed by atoms with E-state index in [1.807, 2.05) is 29.7 Å². The van der Waals surface area contributed by atoms with Crippen molar-refractivity contribution >= 4 is 28.6 Å². The number of para-hydroxylation sites is 1. The van der Waals surface area contributed by atoms with Crippen molar-refractivity contribution in [1.82, 2.24) is 19.4 Å². The summed E-state index contributed by atoms with van der Waals surface area (Å²) < 4.78 is 20.4. The van der Waals surface area contributed by atoms with Gasteiger partial charge in [0.2, 0.25) is 0 Å². The molecule has 11 heteroatoms. The van der Waals surface area contributed by atoms with Crippen LogP contribution in [0.3, 0.4) is 0 Å². The number of aromatic hydroxyl groups is 1. The first-order valence-electron chi connectivity index (χ1n) is 14.2. The molecule has 0 bridgehead atoms. The number of aromatic nitrogens is 3. The van der Waals surface area contributed by atoms with Crippen molar-refractivity contribution in [2.75, 3.05) is 19.7 Å². The van der Waals surface area contributed by atoms with Crippen LogP contribution in [0.15, 0.2) is 48.7 Å². The van der Waals surface area contributed by atoms with Crippen molar-refractivity contribution in [3.63, 3.8) is 0 Å². The number of hydrogen-bond acceptors (Lipinski definition) is 8. The second kappa shape index (κ2) is 10.4. The summed E-state index contributed by atoms with van der Waals surface area (Å²) >= 11 is 6.04. The van der Waals surface area contributed by atoms with E-state index in [1.165, 1.54) is 6.07 Å². The van der Waals surface area contributed by atoms with Crippen LogP contribution in [0, 0.1) is 0 Å². The molecule has 3 aliphatic heterocycles. The standard InChI is InChI=1S/C31H31ClN4O6/c1-31(26-6-5-20(32)15-33-26)41-25-4-2-3-22(29(25)42-31)18-7-10-35(11-8-18)17-27-34-28-23(36(27)16-21-9-12-40-21)13-19(30(38)39)14-24(28)37/h2-6,13-15,18,21,37H,7-12,16-17H2,1H3,(H,38,39)/t21-,31?/m0/s1. The molecule has 0 saturated carbocycles. The number of rotatable bonds is 7. The zero-order valence-electron chi connectivity index (χ0n) is 23.1. The van der Waals surface area contributed by atoms with Crippen LogP contribution in [0.25, 0.3) is 11.0 Å². The Morgan fingerprint density at radius 1 is 1.14 bits per heavy atom. The summed E-state index contributed by atoms with van der Waals surface area (Å²) in [5, 5.41) is 20.7. The van der Waals surface area contributed by atoms with Crippen molar-refractivity contribution in [3.8, 4) is 17.2 Å². The molecule has 218 valence electrons. The molecule has 2 fully saturated rings. The first-order valence-corrected chi connectivity index (χ1v) is 14.6. The smallest absolute Gasteiger partial charge is 0.335 e. The van der Waals surface area contributed by atoms with Gasteiger partial charge in [0.15, 0.2) is 11.5 Å². The van der Waals surface area contributed by atoms with Gasteiger partial charge >= 0.3 is 5.97 Å². The van der Waals surface area contributed by atoms with Crippen molar-refractivity contribution in [2.45, 2.75) is 57.1 Å². The molecule has 10 nitrogen and oxygen atoms in total. The summed E-state index contributed by atoms with van der Waals surface area (Å²) in [6.07, 6.45) is 4.44. The molecule has 5 heterocycles. The maximum atomic E-state index is 11.7. The third-order valence-electron chi connectivity index (χ3n) is 8.54. The average Bonchev–Trinajstić information content (AvgIpc) is 3.49. The summed E-state index contributed by atoms with van der Waals surface area (Å²) in [7, 11) is 0. The normalized spacial score (nSPS) is 22.4. The first-order chi connectivity index (χ1) is 20.3. The number of benzene rings is 2. The maximum Gasteiger partial charge on any atom is 0.335 e. The fourth-order valence-corrected chi connectivity index (χ4v) is 6.27. The summed E-state index contributed by atoms with van der Waals surface area (Å²) in [6.45, 7) is 5.44. The SMILES string of the molecule is CC1(c2ccc(Cl)cn2)Oc2cccc(C3CCN(Cc4nc5c(O)cc(C(=O)O)cc5n4C[C@@H]4CCO4)CC3)c2O1. The van der Waals surface area contributed by atoms with E-state index in [-0.39, 0.29) is 17.4 Å². The number of fused-ring (bicyclic) bond motifs is 2. The highest BCUT2D eigenvalue weighted by Gasteiger charge is 2.42. The van der Waals surface area contributed by atoms with E-state index >= 15 is 0 Å². The molecule has 3 aliphatic rings. The van der Waals surface area contributed by atoms with Crippen LogP contribution in [0.2, 0.25) is 5.02 Å². The fraction of sp³-hybridized carbons (Fsp3) is 0.387. The Morgan fingerprint density at radius 3 is 2.64 bits per heavy atom. The van der Waals surface area contributed by atoms with Crippen molar-refractivity contribution in [3.05, 3.63) is 76.3 Å². The first kappa shape index (κ1) is 27.0. The second-order valence-corrected chi connectivity index (χ2v) is 11.8. The van der Waals surface area contributed by atoms with E-state index in [1.54, 1.807) is 18.3 Å². The molecule has 2 saturated heterocycles. The Balaban J connectivity index is 1.09. The number of phenols is 1. The second-order valence-electron chi connectivity index (χ2n) is 11.3. The topological polar surface area (TPSA) is 119 Å². The molecule has 2 aromatic carbocycles. The van der Waals surface area contributed by atoms with E-state index in [9.17, 15) is 15.0 Å². The molecule has 0 spiro atoms. The van der Waals surface area contributed by atoms with Crippen LogP contribution >= 0.6 is 11.6 Å². The highest BCUT2D eigenvalue weighted by molar-refractivity contribution is 6.30. The molecule has 0 amide bonds. The van der Waals surface area contributed by atoms with Gasteiger partial charge in [-0.1, -0.05) is 23.7 Å². The minimum atomic E-state index is -1.09. The van der Waals surface area contributed by atoms with E-state index in [0.717, 1.165) is 56.1 Å². The predicted molar refractivity (Wildman–Crippen MR) is 154 cm³/mol. The Kier molecular flexibility index (Phi) is 6.72. The van der Waals surface area contributed by atoms with Crippen LogP contribution in [0.4, 0.5) is 0 Å².